The number of para-hydroxylation sites is 1. The topological polar surface area (TPSA) is 90.4 Å². The number of methoxy groups -OCH3 is 1. The van der Waals surface area contributed by atoms with E-state index in [9.17, 15) is 4.79 Å². The number of nitrogen functional groups attached to an aromatic ring is 1. The summed E-state index contributed by atoms with van der Waals surface area (Å²) in [5.74, 6) is -0.475. The Labute approximate surface area is 101 Å². The van der Waals surface area contributed by atoms with Crippen LogP contribution in [0.1, 0.15) is 23.2 Å². The summed E-state index contributed by atoms with van der Waals surface area (Å²) in [5.41, 5.74) is 12.7. The molecule has 1 amide bonds. The molecule has 5 heteroatoms. The van der Waals surface area contributed by atoms with Gasteiger partial charge in [-0.3, -0.25) is 4.79 Å². The Kier molecular flexibility index (Phi) is 5.29. The van der Waals surface area contributed by atoms with E-state index < -0.39 is 5.91 Å². The highest BCUT2D eigenvalue weighted by Crippen LogP contribution is 2.22. The number of benzene rings is 1. The molecule has 0 aliphatic heterocycles. The normalized spacial score (nSPS) is 10.2. The van der Waals surface area contributed by atoms with Crippen molar-refractivity contribution in [3.05, 3.63) is 23.8 Å². The summed E-state index contributed by atoms with van der Waals surface area (Å²) < 4.78 is 4.95. The predicted octanol–water partition coefficient (Wildman–Crippen LogP) is 1.21. The fraction of sp³-hybridized carbons (Fsp3) is 0.417. The van der Waals surface area contributed by atoms with Gasteiger partial charge in [-0.25, -0.2) is 0 Å². The van der Waals surface area contributed by atoms with Crippen molar-refractivity contribution in [1.82, 2.24) is 0 Å². The van der Waals surface area contributed by atoms with Gasteiger partial charge in [0, 0.05) is 20.3 Å². The number of nitrogens with two attached hydrogens (primary N) is 2. The van der Waals surface area contributed by atoms with Crippen LogP contribution in [0, 0.1) is 0 Å². The molecule has 94 valence electrons. The summed E-state index contributed by atoms with van der Waals surface area (Å²) in [7, 11) is 1.67. The first-order valence-electron chi connectivity index (χ1n) is 5.58. The molecular weight excluding hydrogens is 218 g/mol. The maximum absolute atomic E-state index is 11.2. The lowest BCUT2D eigenvalue weighted by Gasteiger charge is -2.12. The van der Waals surface area contributed by atoms with Gasteiger partial charge in [-0.2, -0.15) is 0 Å². The molecule has 0 radical (unpaired) electrons. The average Bonchev–Trinajstić information content (AvgIpc) is 2.30. The first-order chi connectivity index (χ1) is 8.16. The number of ether oxygens (including phenoxy) is 1. The molecule has 0 aliphatic carbocycles. The van der Waals surface area contributed by atoms with Crippen molar-refractivity contribution in [2.75, 3.05) is 31.3 Å². The number of unbranched alkanes of at least 4 members (excludes halogenated alkanes) is 1. The van der Waals surface area contributed by atoms with E-state index in [0.29, 0.717) is 16.9 Å². The highest BCUT2D eigenvalue weighted by Gasteiger charge is 2.09. The summed E-state index contributed by atoms with van der Waals surface area (Å²) in [6, 6.07) is 5.12. The smallest absolute Gasteiger partial charge is 0.250 e. The Morgan fingerprint density at radius 3 is 2.82 bits per heavy atom. The van der Waals surface area contributed by atoms with Gasteiger partial charge in [0.15, 0.2) is 0 Å². The first-order valence-corrected chi connectivity index (χ1v) is 5.58. The third kappa shape index (κ3) is 3.96. The van der Waals surface area contributed by atoms with Crippen LogP contribution in [-0.4, -0.2) is 26.2 Å². The molecule has 0 unspecified atom stereocenters. The number of anilines is 2. The maximum atomic E-state index is 11.2. The van der Waals surface area contributed by atoms with Gasteiger partial charge < -0.3 is 21.5 Å². The van der Waals surface area contributed by atoms with E-state index >= 15 is 0 Å². The monoisotopic (exact) mass is 237 g/mol. The van der Waals surface area contributed by atoms with Crippen LogP contribution in [0.4, 0.5) is 11.4 Å². The van der Waals surface area contributed by atoms with Gasteiger partial charge in [0.05, 0.1) is 16.9 Å². The lowest BCUT2D eigenvalue weighted by atomic mass is 10.1. The fourth-order valence-corrected chi connectivity index (χ4v) is 1.56. The van der Waals surface area contributed by atoms with Gasteiger partial charge in [0.1, 0.15) is 0 Å². The Bertz CT molecular complexity index is 380. The number of carbonyl (C=O) groups is 1. The van der Waals surface area contributed by atoms with Crippen molar-refractivity contribution < 1.29 is 9.53 Å². The molecule has 1 rings (SSSR count). The number of carbonyl (C=O) groups excluding carboxylic acids is 1. The molecule has 0 saturated heterocycles. The number of hydrogen-bond donors (Lipinski definition) is 3. The van der Waals surface area contributed by atoms with Crippen molar-refractivity contribution in [2.45, 2.75) is 12.8 Å². The number of amides is 1. The van der Waals surface area contributed by atoms with Gasteiger partial charge in [0.2, 0.25) is 0 Å². The van der Waals surface area contributed by atoms with Crippen LogP contribution in [0.5, 0.6) is 0 Å². The Balaban J connectivity index is 2.60. The third-order valence-electron chi connectivity index (χ3n) is 2.44. The predicted molar refractivity (Wildman–Crippen MR) is 69.0 cm³/mol. The average molecular weight is 237 g/mol. The maximum Gasteiger partial charge on any atom is 0.250 e. The fourth-order valence-electron chi connectivity index (χ4n) is 1.56. The molecule has 17 heavy (non-hydrogen) atoms. The molecule has 0 fully saturated rings. The zero-order valence-electron chi connectivity index (χ0n) is 10.0. The van der Waals surface area contributed by atoms with Crippen molar-refractivity contribution in [1.29, 1.82) is 0 Å². The van der Waals surface area contributed by atoms with Crippen LogP contribution >= 0.6 is 0 Å². The van der Waals surface area contributed by atoms with E-state index in [2.05, 4.69) is 5.32 Å². The van der Waals surface area contributed by atoms with Crippen LogP contribution in [0.15, 0.2) is 18.2 Å². The minimum absolute atomic E-state index is 0.428. The van der Waals surface area contributed by atoms with Gasteiger partial charge >= 0.3 is 0 Å². The van der Waals surface area contributed by atoms with Gasteiger partial charge in [-0.1, -0.05) is 6.07 Å². The molecule has 5 N–H and O–H groups in total. The molecule has 0 aromatic heterocycles. The van der Waals surface area contributed by atoms with Crippen LogP contribution < -0.4 is 16.8 Å². The first kappa shape index (κ1) is 13.3. The third-order valence-corrected chi connectivity index (χ3v) is 2.44. The van der Waals surface area contributed by atoms with E-state index in [-0.39, 0.29) is 0 Å². The molecule has 0 atom stereocenters. The van der Waals surface area contributed by atoms with Gasteiger partial charge in [-0.15, -0.1) is 0 Å². The summed E-state index contributed by atoms with van der Waals surface area (Å²) in [5, 5.41) is 3.14. The molecular formula is C12H19N3O2. The van der Waals surface area contributed by atoms with Gasteiger partial charge in [0.25, 0.3) is 5.91 Å². The van der Waals surface area contributed by atoms with E-state index in [0.717, 1.165) is 26.0 Å². The van der Waals surface area contributed by atoms with Crippen molar-refractivity contribution in [3.8, 4) is 0 Å². The molecule has 0 aliphatic rings. The minimum atomic E-state index is -0.475. The molecule has 5 nitrogen and oxygen atoms in total. The second-order valence-corrected chi connectivity index (χ2v) is 3.76. The highest BCUT2D eigenvalue weighted by atomic mass is 16.5. The second-order valence-electron chi connectivity index (χ2n) is 3.76. The Morgan fingerprint density at radius 1 is 1.41 bits per heavy atom. The summed E-state index contributed by atoms with van der Waals surface area (Å²) in [6.07, 6.45) is 1.91. The molecule has 0 bridgehead atoms. The highest BCUT2D eigenvalue weighted by molar-refractivity contribution is 6.01. The van der Waals surface area contributed by atoms with E-state index in [1.807, 2.05) is 0 Å². The van der Waals surface area contributed by atoms with E-state index in [1.54, 1.807) is 25.3 Å². The van der Waals surface area contributed by atoms with Crippen LogP contribution in [0.25, 0.3) is 0 Å². The summed E-state index contributed by atoms with van der Waals surface area (Å²) in [4.78, 5) is 11.2. The summed E-state index contributed by atoms with van der Waals surface area (Å²) in [6.45, 7) is 1.46. The van der Waals surface area contributed by atoms with Crippen molar-refractivity contribution in [2.24, 2.45) is 5.73 Å². The number of hydrogen-bond acceptors (Lipinski definition) is 4. The van der Waals surface area contributed by atoms with E-state index in [4.69, 9.17) is 16.2 Å². The van der Waals surface area contributed by atoms with Crippen LogP contribution in [0.3, 0.4) is 0 Å². The molecule has 1 aromatic rings. The number of nitrogens with one attached hydrogen (secondary N) is 1. The Morgan fingerprint density at radius 2 is 2.18 bits per heavy atom. The number of primary amides is 1. The van der Waals surface area contributed by atoms with Crippen LogP contribution in [-0.2, 0) is 4.74 Å². The quantitative estimate of drug-likeness (QED) is 0.491. The Hall–Kier alpha value is -1.75. The molecule has 0 spiro atoms. The molecule has 0 saturated carbocycles. The van der Waals surface area contributed by atoms with Crippen LogP contribution in [0.2, 0.25) is 0 Å². The van der Waals surface area contributed by atoms with E-state index in [1.165, 1.54) is 0 Å². The van der Waals surface area contributed by atoms with Gasteiger partial charge in [-0.05, 0) is 25.0 Å². The van der Waals surface area contributed by atoms with Crippen molar-refractivity contribution >= 4 is 17.3 Å². The lowest BCUT2D eigenvalue weighted by molar-refractivity contribution is 0.100. The SMILES string of the molecule is COCCCCNc1c(N)cccc1C(N)=O. The molecule has 0 heterocycles. The lowest BCUT2D eigenvalue weighted by Crippen LogP contribution is -2.16. The zero-order chi connectivity index (χ0) is 12.7. The number of rotatable bonds is 7. The summed E-state index contributed by atoms with van der Waals surface area (Å²) >= 11 is 0. The standard InChI is InChI=1S/C12H19N3O2/c1-17-8-3-2-7-15-11-9(12(14)16)5-4-6-10(11)13/h4-6,15H,2-3,7-8,13H2,1H3,(H2,14,16). The second kappa shape index (κ2) is 6.75. The minimum Gasteiger partial charge on any atom is -0.397 e. The van der Waals surface area contributed by atoms with Crippen molar-refractivity contribution in [3.63, 3.8) is 0 Å². The zero-order valence-corrected chi connectivity index (χ0v) is 10.0. The largest absolute Gasteiger partial charge is 0.397 e. The molecule has 1 aromatic carbocycles.